The highest BCUT2D eigenvalue weighted by molar-refractivity contribution is 5.77. The van der Waals surface area contributed by atoms with Crippen LogP contribution in [0.1, 0.15) is 17.5 Å². The molecule has 2 aromatic rings. The fourth-order valence-corrected chi connectivity index (χ4v) is 2.52. The number of nitrogens with two attached hydrogens (primary N) is 1. The molecule has 0 aliphatic rings. The van der Waals surface area contributed by atoms with Gasteiger partial charge in [0.05, 0.1) is 20.8 Å². The molecule has 0 saturated heterocycles. The summed E-state index contributed by atoms with van der Waals surface area (Å²) in [4.78, 5) is 4.32. The molecule has 0 bridgehead atoms. The molecular formula is C21H29N3O3. The molecule has 0 aromatic heterocycles. The van der Waals surface area contributed by atoms with E-state index in [9.17, 15) is 0 Å². The highest BCUT2D eigenvalue weighted by Gasteiger charge is 2.04. The summed E-state index contributed by atoms with van der Waals surface area (Å²) in [5.41, 5.74) is 8.26. The van der Waals surface area contributed by atoms with Gasteiger partial charge in [0.15, 0.2) is 17.5 Å². The number of hydrogen-bond acceptors (Lipinski definition) is 4. The van der Waals surface area contributed by atoms with Gasteiger partial charge in [-0.2, -0.15) is 0 Å². The molecule has 6 heteroatoms. The molecule has 0 fully saturated rings. The average Bonchev–Trinajstić information content (AvgIpc) is 2.69. The van der Waals surface area contributed by atoms with Crippen molar-refractivity contribution in [2.45, 2.75) is 19.8 Å². The Morgan fingerprint density at radius 2 is 1.78 bits per heavy atom. The smallest absolute Gasteiger partial charge is 0.188 e. The molecule has 0 unspecified atom stereocenters. The van der Waals surface area contributed by atoms with Gasteiger partial charge >= 0.3 is 0 Å². The van der Waals surface area contributed by atoms with E-state index in [1.165, 1.54) is 5.56 Å². The van der Waals surface area contributed by atoms with E-state index in [4.69, 9.17) is 19.9 Å². The molecule has 6 nitrogen and oxygen atoms in total. The van der Waals surface area contributed by atoms with Crippen molar-refractivity contribution in [2.75, 3.05) is 33.9 Å². The van der Waals surface area contributed by atoms with Gasteiger partial charge < -0.3 is 25.3 Å². The Bertz CT molecular complexity index is 730. The lowest BCUT2D eigenvalue weighted by Crippen LogP contribution is -2.33. The Morgan fingerprint density at radius 1 is 1.04 bits per heavy atom. The Kier molecular flexibility index (Phi) is 8.29. The number of rotatable bonds is 10. The van der Waals surface area contributed by atoms with Gasteiger partial charge in [0.2, 0.25) is 0 Å². The summed E-state index contributed by atoms with van der Waals surface area (Å²) >= 11 is 0. The second-order valence-electron chi connectivity index (χ2n) is 6.15. The SMILES string of the molecule is COc1ccc(CCNC(N)=NCCCOc2ccc(C)cc2)cc1OC. The van der Waals surface area contributed by atoms with E-state index in [2.05, 4.69) is 17.2 Å². The molecule has 0 heterocycles. The molecule has 146 valence electrons. The molecule has 3 N–H and O–H groups in total. The van der Waals surface area contributed by atoms with Crippen molar-refractivity contribution < 1.29 is 14.2 Å². The highest BCUT2D eigenvalue weighted by Crippen LogP contribution is 2.27. The van der Waals surface area contributed by atoms with Crippen molar-refractivity contribution in [3.05, 3.63) is 53.6 Å². The first-order valence-corrected chi connectivity index (χ1v) is 9.06. The van der Waals surface area contributed by atoms with E-state index < -0.39 is 0 Å². The highest BCUT2D eigenvalue weighted by atomic mass is 16.5. The summed E-state index contributed by atoms with van der Waals surface area (Å²) in [5, 5.41) is 3.13. The van der Waals surface area contributed by atoms with Crippen LogP contribution >= 0.6 is 0 Å². The van der Waals surface area contributed by atoms with Gasteiger partial charge in [0.25, 0.3) is 0 Å². The van der Waals surface area contributed by atoms with Crippen LogP contribution in [0.5, 0.6) is 17.2 Å². The molecule has 27 heavy (non-hydrogen) atoms. The Hall–Kier alpha value is -2.89. The first kappa shape index (κ1) is 20.4. The fraction of sp³-hybridized carbons (Fsp3) is 0.381. The van der Waals surface area contributed by atoms with Crippen LogP contribution in [-0.4, -0.2) is 39.9 Å². The molecular weight excluding hydrogens is 342 g/mol. The van der Waals surface area contributed by atoms with Crippen LogP contribution in [0.2, 0.25) is 0 Å². The normalized spacial score (nSPS) is 11.1. The van der Waals surface area contributed by atoms with E-state index in [0.717, 1.165) is 35.7 Å². The maximum atomic E-state index is 5.90. The van der Waals surface area contributed by atoms with Crippen LogP contribution in [-0.2, 0) is 6.42 Å². The zero-order valence-corrected chi connectivity index (χ0v) is 16.3. The van der Waals surface area contributed by atoms with Crippen LogP contribution in [0.4, 0.5) is 0 Å². The molecule has 0 aliphatic carbocycles. The minimum absolute atomic E-state index is 0.450. The molecule has 0 aliphatic heterocycles. The third kappa shape index (κ3) is 7.09. The summed E-state index contributed by atoms with van der Waals surface area (Å²) in [6, 6.07) is 13.9. The number of nitrogens with zero attached hydrogens (tertiary/aromatic N) is 1. The largest absolute Gasteiger partial charge is 0.494 e. The molecule has 2 aromatic carbocycles. The van der Waals surface area contributed by atoms with Crippen molar-refractivity contribution in [1.82, 2.24) is 5.32 Å². The van der Waals surface area contributed by atoms with Crippen molar-refractivity contribution in [3.8, 4) is 17.2 Å². The molecule has 0 atom stereocenters. The summed E-state index contributed by atoms with van der Waals surface area (Å²) in [5.74, 6) is 2.78. The van der Waals surface area contributed by atoms with Gasteiger partial charge in [-0.15, -0.1) is 0 Å². The third-order valence-electron chi connectivity index (χ3n) is 4.04. The zero-order chi connectivity index (χ0) is 19.5. The van der Waals surface area contributed by atoms with E-state index in [0.29, 0.717) is 25.7 Å². The molecule has 0 saturated carbocycles. The summed E-state index contributed by atoms with van der Waals surface area (Å²) in [6.45, 7) is 4.00. The minimum Gasteiger partial charge on any atom is -0.494 e. The minimum atomic E-state index is 0.450. The van der Waals surface area contributed by atoms with Gasteiger partial charge in [-0.25, -0.2) is 0 Å². The van der Waals surface area contributed by atoms with Gasteiger partial charge in [-0.3, -0.25) is 4.99 Å². The summed E-state index contributed by atoms with van der Waals surface area (Å²) in [6.07, 6.45) is 1.62. The van der Waals surface area contributed by atoms with E-state index in [1.54, 1.807) is 14.2 Å². The summed E-state index contributed by atoms with van der Waals surface area (Å²) < 4.78 is 16.2. The number of methoxy groups -OCH3 is 2. The Labute approximate surface area is 161 Å². The number of nitrogens with one attached hydrogen (secondary N) is 1. The van der Waals surface area contributed by atoms with Gasteiger partial charge in [0.1, 0.15) is 5.75 Å². The maximum Gasteiger partial charge on any atom is 0.188 e. The lowest BCUT2D eigenvalue weighted by atomic mass is 10.1. The first-order chi connectivity index (χ1) is 13.1. The van der Waals surface area contributed by atoms with Gasteiger partial charge in [0, 0.05) is 19.5 Å². The van der Waals surface area contributed by atoms with Crippen molar-refractivity contribution >= 4 is 5.96 Å². The topological polar surface area (TPSA) is 78.1 Å². The number of aliphatic imine (C=N–C) groups is 1. The molecule has 0 spiro atoms. The average molecular weight is 371 g/mol. The maximum absolute atomic E-state index is 5.90. The lowest BCUT2D eigenvalue weighted by Gasteiger charge is -2.10. The Morgan fingerprint density at radius 3 is 2.48 bits per heavy atom. The second-order valence-corrected chi connectivity index (χ2v) is 6.15. The van der Waals surface area contributed by atoms with Crippen LogP contribution < -0.4 is 25.3 Å². The van der Waals surface area contributed by atoms with E-state index >= 15 is 0 Å². The Balaban J connectivity index is 1.65. The quantitative estimate of drug-likeness (QED) is 0.381. The van der Waals surface area contributed by atoms with Crippen LogP contribution in [0.3, 0.4) is 0 Å². The number of hydrogen-bond donors (Lipinski definition) is 2. The lowest BCUT2D eigenvalue weighted by molar-refractivity contribution is 0.313. The number of ether oxygens (including phenoxy) is 3. The first-order valence-electron chi connectivity index (χ1n) is 9.06. The van der Waals surface area contributed by atoms with Gasteiger partial charge in [-0.1, -0.05) is 23.8 Å². The monoisotopic (exact) mass is 371 g/mol. The van der Waals surface area contributed by atoms with E-state index in [-0.39, 0.29) is 0 Å². The van der Waals surface area contributed by atoms with Gasteiger partial charge in [-0.05, 0) is 43.2 Å². The second kappa shape index (κ2) is 11.0. The number of guanidine groups is 1. The number of aryl methyl sites for hydroxylation is 1. The van der Waals surface area contributed by atoms with E-state index in [1.807, 2.05) is 42.5 Å². The predicted octanol–water partition coefficient (Wildman–Crippen LogP) is 2.93. The standard InChI is InChI=1S/C21H29N3O3/c1-16-5-8-18(9-6-16)27-14-4-12-23-21(22)24-13-11-17-7-10-19(25-2)20(15-17)26-3/h5-10,15H,4,11-14H2,1-3H3,(H3,22,23,24). The molecule has 0 radical (unpaired) electrons. The molecule has 2 rings (SSSR count). The van der Waals surface area contributed by atoms with Crippen molar-refractivity contribution in [1.29, 1.82) is 0 Å². The zero-order valence-electron chi connectivity index (χ0n) is 16.3. The molecule has 0 amide bonds. The summed E-state index contributed by atoms with van der Waals surface area (Å²) in [7, 11) is 3.26. The number of benzene rings is 2. The predicted molar refractivity (Wildman–Crippen MR) is 109 cm³/mol. The van der Waals surface area contributed by atoms with Crippen molar-refractivity contribution in [2.24, 2.45) is 10.7 Å². The van der Waals surface area contributed by atoms with Crippen LogP contribution in [0, 0.1) is 6.92 Å². The third-order valence-corrected chi connectivity index (χ3v) is 4.04. The fourth-order valence-electron chi connectivity index (χ4n) is 2.52. The van der Waals surface area contributed by atoms with Crippen LogP contribution in [0.25, 0.3) is 0 Å². The van der Waals surface area contributed by atoms with Crippen LogP contribution in [0.15, 0.2) is 47.5 Å². The van der Waals surface area contributed by atoms with Crippen molar-refractivity contribution in [3.63, 3.8) is 0 Å².